The largest absolute Gasteiger partial charge is 0.495 e. The molecule has 1 fully saturated rings. The Morgan fingerprint density at radius 1 is 1.20 bits per heavy atom. The van der Waals surface area contributed by atoms with Crippen LogP contribution in [0.4, 0.5) is 11.4 Å². The highest BCUT2D eigenvalue weighted by Gasteiger charge is 2.24. The van der Waals surface area contributed by atoms with Crippen LogP contribution in [0, 0.1) is 13.8 Å². The van der Waals surface area contributed by atoms with E-state index in [4.69, 9.17) is 16.3 Å². The Bertz CT molecular complexity index is 1100. The molecule has 0 radical (unpaired) electrons. The molecule has 0 saturated carbocycles. The highest BCUT2D eigenvalue weighted by Crippen LogP contribution is 2.36. The van der Waals surface area contributed by atoms with E-state index in [0.29, 0.717) is 27.7 Å². The normalized spacial score (nSPS) is 13.3. The number of hydrogen-bond acceptors (Lipinski definition) is 5. The molecule has 1 aliphatic heterocycles. The van der Waals surface area contributed by atoms with Crippen LogP contribution in [0.15, 0.2) is 30.5 Å². The van der Waals surface area contributed by atoms with Crippen LogP contribution in [-0.4, -0.2) is 41.0 Å². The summed E-state index contributed by atoms with van der Waals surface area (Å²) in [5.74, 6) is 0.579. The summed E-state index contributed by atoms with van der Waals surface area (Å²) in [5, 5.41) is 4.83. The summed E-state index contributed by atoms with van der Waals surface area (Å²) >= 11 is 6.26. The Hall–Kier alpha value is -2.57. The lowest BCUT2D eigenvalue weighted by atomic mass is 10.1. The van der Waals surface area contributed by atoms with Gasteiger partial charge in [0.25, 0.3) is 5.91 Å². The molecule has 0 aliphatic carbocycles. The van der Waals surface area contributed by atoms with E-state index in [2.05, 4.69) is 15.3 Å². The van der Waals surface area contributed by atoms with E-state index in [1.807, 2.05) is 36.9 Å². The number of benzene rings is 1. The van der Waals surface area contributed by atoms with Crippen molar-refractivity contribution in [3.05, 3.63) is 52.3 Å². The van der Waals surface area contributed by atoms with Crippen LogP contribution in [0.5, 0.6) is 5.75 Å². The monoisotopic (exact) mass is 446 g/mol. The zero-order valence-corrected chi connectivity index (χ0v) is 18.7. The summed E-state index contributed by atoms with van der Waals surface area (Å²) in [6.07, 6.45) is 3.67. The number of halogens is 2. The number of ether oxygens (including phenoxy) is 1. The third-order valence-corrected chi connectivity index (χ3v) is 5.64. The summed E-state index contributed by atoms with van der Waals surface area (Å²) in [6.45, 7) is 5.39. The van der Waals surface area contributed by atoms with E-state index in [0.717, 1.165) is 48.3 Å². The lowest BCUT2D eigenvalue weighted by Gasteiger charge is -2.20. The molecule has 3 aromatic rings. The van der Waals surface area contributed by atoms with Gasteiger partial charge in [-0.3, -0.25) is 4.79 Å². The highest BCUT2D eigenvalue weighted by atomic mass is 35.5. The molecule has 30 heavy (non-hydrogen) atoms. The average Bonchev–Trinajstić information content (AvgIpc) is 3.25. The van der Waals surface area contributed by atoms with Crippen LogP contribution >= 0.6 is 24.0 Å². The molecule has 6 nitrogen and oxygen atoms in total. The van der Waals surface area contributed by atoms with E-state index in [-0.39, 0.29) is 18.3 Å². The number of carbonyl (C=O) groups is 1. The molecular formula is C22H24Cl2N4O2. The molecule has 3 heterocycles. The molecule has 1 aliphatic rings. The second kappa shape index (κ2) is 9.06. The maximum Gasteiger partial charge on any atom is 0.257 e. The first-order valence-corrected chi connectivity index (χ1v) is 10.0. The van der Waals surface area contributed by atoms with E-state index >= 15 is 0 Å². The van der Waals surface area contributed by atoms with Gasteiger partial charge in [-0.05, 0) is 50.5 Å². The fourth-order valence-electron chi connectivity index (χ4n) is 3.62. The maximum absolute atomic E-state index is 13.2. The van der Waals surface area contributed by atoms with Gasteiger partial charge in [0.2, 0.25) is 0 Å². The van der Waals surface area contributed by atoms with Crippen molar-refractivity contribution in [2.24, 2.45) is 0 Å². The van der Waals surface area contributed by atoms with Gasteiger partial charge < -0.3 is 15.0 Å². The minimum absolute atomic E-state index is 0. The number of nitrogens with one attached hydrogen (secondary N) is 1. The van der Waals surface area contributed by atoms with Gasteiger partial charge in [0.05, 0.1) is 24.0 Å². The number of hydrogen-bond donors (Lipinski definition) is 1. The van der Waals surface area contributed by atoms with E-state index in [1.54, 1.807) is 19.4 Å². The first kappa shape index (κ1) is 22.1. The van der Waals surface area contributed by atoms with Crippen LogP contribution in [-0.2, 0) is 0 Å². The van der Waals surface area contributed by atoms with Crippen molar-refractivity contribution in [3.8, 4) is 5.75 Å². The minimum atomic E-state index is -0.0235. The summed E-state index contributed by atoms with van der Waals surface area (Å²) < 4.78 is 5.51. The smallest absolute Gasteiger partial charge is 0.257 e. The molecule has 2 aromatic heterocycles. The topological polar surface area (TPSA) is 67.3 Å². The van der Waals surface area contributed by atoms with Crippen molar-refractivity contribution in [3.63, 3.8) is 0 Å². The third kappa shape index (κ3) is 4.16. The molecule has 1 saturated heterocycles. The molecule has 1 aromatic carbocycles. The third-order valence-electron chi connectivity index (χ3n) is 5.23. The van der Waals surface area contributed by atoms with Crippen molar-refractivity contribution in [1.29, 1.82) is 0 Å². The Morgan fingerprint density at radius 2 is 1.93 bits per heavy atom. The van der Waals surface area contributed by atoms with E-state index in [9.17, 15) is 4.79 Å². The molecule has 0 bridgehead atoms. The first-order chi connectivity index (χ1) is 14.0. The standard InChI is InChI=1S/C22H23ClN4O2.ClH/c1-13-10-18(19(29-3)11-17(13)23)26-20-15-7-6-14(2)25-21(15)24-12-16(20)22(28)27-8-4-5-9-27;/h6-7,10-12H,4-5,8-9H2,1-3H3,(H,24,25,26);1H. The predicted octanol–water partition coefficient (Wildman–Crippen LogP) is 5.31. The Kier molecular flexibility index (Phi) is 6.68. The summed E-state index contributed by atoms with van der Waals surface area (Å²) in [4.78, 5) is 24.1. The van der Waals surface area contributed by atoms with Crippen molar-refractivity contribution < 1.29 is 9.53 Å². The fraction of sp³-hybridized carbons (Fsp3) is 0.318. The Balaban J connectivity index is 0.00000256. The number of nitrogens with zero attached hydrogens (tertiary/aromatic N) is 3. The molecule has 4 rings (SSSR count). The molecular weight excluding hydrogens is 423 g/mol. The number of rotatable bonds is 4. The number of pyridine rings is 2. The zero-order valence-electron chi connectivity index (χ0n) is 17.2. The summed E-state index contributed by atoms with van der Waals surface area (Å²) in [5.41, 5.74) is 4.32. The SMILES string of the molecule is COc1cc(Cl)c(C)cc1Nc1c(C(=O)N2CCCC2)cnc2nc(C)ccc12.Cl. The number of likely N-dealkylation sites (tertiary alicyclic amines) is 1. The molecule has 0 atom stereocenters. The van der Waals surface area contributed by atoms with Crippen LogP contribution < -0.4 is 10.1 Å². The van der Waals surface area contributed by atoms with Crippen LogP contribution in [0.25, 0.3) is 11.0 Å². The van der Waals surface area contributed by atoms with Crippen LogP contribution in [0.1, 0.15) is 34.5 Å². The lowest BCUT2D eigenvalue weighted by molar-refractivity contribution is 0.0793. The van der Waals surface area contributed by atoms with Gasteiger partial charge in [-0.1, -0.05) is 11.6 Å². The summed E-state index contributed by atoms with van der Waals surface area (Å²) in [6, 6.07) is 7.55. The van der Waals surface area contributed by atoms with E-state index < -0.39 is 0 Å². The zero-order chi connectivity index (χ0) is 20.5. The minimum Gasteiger partial charge on any atom is -0.495 e. The lowest BCUT2D eigenvalue weighted by Crippen LogP contribution is -2.28. The molecule has 1 amide bonds. The molecule has 158 valence electrons. The van der Waals surface area contributed by atoms with Crippen molar-refractivity contribution in [1.82, 2.24) is 14.9 Å². The quantitative estimate of drug-likeness (QED) is 0.587. The van der Waals surface area contributed by atoms with Gasteiger partial charge >= 0.3 is 0 Å². The number of anilines is 2. The van der Waals surface area contributed by atoms with Crippen molar-refractivity contribution in [2.75, 3.05) is 25.5 Å². The van der Waals surface area contributed by atoms with Gasteiger partial charge in [-0.2, -0.15) is 0 Å². The number of fused-ring (bicyclic) bond motifs is 1. The van der Waals surface area contributed by atoms with Gasteiger partial charge in [0.1, 0.15) is 5.75 Å². The number of carbonyl (C=O) groups excluding carboxylic acids is 1. The molecule has 1 N–H and O–H groups in total. The second-order valence-corrected chi connectivity index (χ2v) is 7.70. The summed E-state index contributed by atoms with van der Waals surface area (Å²) in [7, 11) is 1.60. The number of methoxy groups -OCH3 is 1. The van der Waals surface area contributed by atoms with E-state index in [1.165, 1.54) is 0 Å². The van der Waals surface area contributed by atoms with Crippen LogP contribution in [0.3, 0.4) is 0 Å². The highest BCUT2D eigenvalue weighted by molar-refractivity contribution is 6.31. The fourth-order valence-corrected chi connectivity index (χ4v) is 3.78. The Labute approximate surface area is 187 Å². The Morgan fingerprint density at radius 3 is 2.63 bits per heavy atom. The van der Waals surface area contributed by atoms with Crippen molar-refractivity contribution in [2.45, 2.75) is 26.7 Å². The van der Waals surface area contributed by atoms with Gasteiger partial charge in [0, 0.05) is 41.5 Å². The van der Waals surface area contributed by atoms with Crippen LogP contribution in [0.2, 0.25) is 5.02 Å². The molecule has 0 unspecified atom stereocenters. The van der Waals surface area contributed by atoms with Gasteiger partial charge in [-0.15, -0.1) is 12.4 Å². The number of amides is 1. The van der Waals surface area contributed by atoms with Crippen molar-refractivity contribution >= 4 is 52.3 Å². The first-order valence-electron chi connectivity index (χ1n) is 9.64. The number of aromatic nitrogens is 2. The average molecular weight is 447 g/mol. The molecule has 8 heteroatoms. The second-order valence-electron chi connectivity index (χ2n) is 7.30. The van der Waals surface area contributed by atoms with Gasteiger partial charge in [0.15, 0.2) is 5.65 Å². The molecule has 0 spiro atoms. The predicted molar refractivity (Wildman–Crippen MR) is 123 cm³/mol. The van der Waals surface area contributed by atoms with Gasteiger partial charge in [-0.25, -0.2) is 9.97 Å². The maximum atomic E-state index is 13.2. The number of aryl methyl sites for hydroxylation is 2.